The van der Waals surface area contributed by atoms with Crippen LogP contribution in [0, 0.1) is 11.8 Å². The Morgan fingerprint density at radius 2 is 0.938 bits per heavy atom. The van der Waals surface area contributed by atoms with Gasteiger partial charge < -0.3 is 65.9 Å². The molecular weight excluding hydrogens is 833 g/mol. The van der Waals surface area contributed by atoms with E-state index in [2.05, 4.69) is 37.2 Å². The summed E-state index contributed by atoms with van der Waals surface area (Å²) in [4.78, 5) is 83.3. The van der Waals surface area contributed by atoms with Gasteiger partial charge in [-0.15, -0.1) is 0 Å². The summed E-state index contributed by atoms with van der Waals surface area (Å²) in [6, 6.07) is 5.14. The van der Waals surface area contributed by atoms with Gasteiger partial charge in [0.1, 0.15) is 18.1 Å². The van der Waals surface area contributed by atoms with Crippen molar-refractivity contribution in [1.82, 2.24) is 37.2 Å². The molecule has 0 heterocycles. The SMILES string of the molecule is CC(C)(C)NC(=O)[C@H](CCCCN)NC(=O)[C@@H](N)Cc1ccccc1.CC(C)[C@H](N)C(=O)N[C@@H](C)C(=O)NC(C)(C)C.CC(C)[C@H](N)C(=O)N[C@@H](CCCNC(N)=O)C(=O)NC(C)(C)C. The monoisotopic (exact) mass is 921 g/mol. The van der Waals surface area contributed by atoms with Crippen LogP contribution >= 0.6 is 0 Å². The number of hydrogen-bond donors (Lipinski definition) is 12. The Bertz CT molecular complexity index is 1610. The maximum absolute atomic E-state index is 12.5. The highest BCUT2D eigenvalue weighted by atomic mass is 16.2. The van der Waals surface area contributed by atoms with Crippen LogP contribution in [-0.2, 0) is 35.2 Å². The van der Waals surface area contributed by atoms with Crippen molar-refractivity contribution in [2.24, 2.45) is 40.5 Å². The maximum atomic E-state index is 12.5. The summed E-state index contributed by atoms with van der Waals surface area (Å²) in [7, 11) is 0. The van der Waals surface area contributed by atoms with Crippen molar-refractivity contribution in [3.63, 3.8) is 0 Å². The van der Waals surface area contributed by atoms with Crippen LogP contribution in [0.2, 0.25) is 0 Å². The standard InChI is InChI=1S/C19H32N4O2.C15H31N5O3.C12H25N3O2/c1-19(2,3)23-18(25)16(11-7-8-12-20)22-17(24)15(21)13-14-9-5-4-6-10-14;1-9(2)11(16)13(22)19-10(7-6-8-18-14(17)23)12(21)20-15(3,4)5;1-7(2)9(13)11(17)14-8(3)10(16)15-12(4,5)6/h4-6,9-10,15-16H,7-8,11-13,20-21H2,1-3H3,(H,22,24)(H,23,25);9-11H,6-8,16H2,1-5H3,(H,19,22)(H,20,21)(H3,17,18,23);7-9H,13H2,1-6H3,(H,14,17)(H,15,16)/t15-,16-;10-,11-;8-,9-/m000/s1. The number of unbranched alkanes of at least 4 members (excludes halogenated alkanes) is 1. The number of carbonyl (C=O) groups is 7. The lowest BCUT2D eigenvalue weighted by atomic mass is 10.0. The first-order valence-corrected chi connectivity index (χ1v) is 22.6. The Labute approximate surface area is 389 Å². The minimum atomic E-state index is -0.707. The molecule has 19 heteroatoms. The second-order valence-electron chi connectivity index (χ2n) is 20.1. The van der Waals surface area contributed by atoms with E-state index < -0.39 is 47.8 Å². The zero-order valence-corrected chi connectivity index (χ0v) is 41.9. The van der Waals surface area contributed by atoms with Crippen LogP contribution in [0.3, 0.4) is 0 Å². The van der Waals surface area contributed by atoms with Gasteiger partial charge in [-0.3, -0.25) is 28.8 Å². The molecule has 0 unspecified atom stereocenters. The summed E-state index contributed by atoms with van der Waals surface area (Å²) < 4.78 is 0. The molecule has 0 aromatic heterocycles. The predicted molar refractivity (Wildman–Crippen MR) is 259 cm³/mol. The molecule has 6 atom stereocenters. The summed E-state index contributed by atoms with van der Waals surface area (Å²) in [6.07, 6.45) is 3.44. The van der Waals surface area contributed by atoms with E-state index in [0.717, 1.165) is 18.4 Å². The number of amides is 8. The van der Waals surface area contributed by atoms with Crippen molar-refractivity contribution < 1.29 is 33.6 Å². The Morgan fingerprint density at radius 1 is 0.538 bits per heavy atom. The molecule has 65 heavy (non-hydrogen) atoms. The molecule has 0 saturated heterocycles. The number of primary amides is 1. The number of hydrogen-bond acceptors (Lipinski definition) is 11. The first-order valence-electron chi connectivity index (χ1n) is 22.6. The first-order chi connectivity index (χ1) is 29.7. The molecule has 1 rings (SSSR count). The van der Waals surface area contributed by atoms with E-state index in [9.17, 15) is 33.6 Å². The Kier molecular flexibility index (Phi) is 29.1. The fraction of sp³-hybridized carbons (Fsp3) is 0.717. The van der Waals surface area contributed by atoms with Gasteiger partial charge in [0, 0.05) is 23.2 Å². The highest BCUT2D eigenvalue weighted by Crippen LogP contribution is 2.09. The molecule has 0 bridgehead atoms. The van der Waals surface area contributed by atoms with Gasteiger partial charge >= 0.3 is 6.03 Å². The Balaban J connectivity index is 0. The highest BCUT2D eigenvalue weighted by molar-refractivity contribution is 5.91. The molecular formula is C46H88N12O7. The van der Waals surface area contributed by atoms with E-state index in [1.54, 1.807) is 6.92 Å². The maximum Gasteiger partial charge on any atom is 0.312 e. The average Bonchev–Trinajstić information content (AvgIpc) is 3.16. The Morgan fingerprint density at radius 3 is 1.34 bits per heavy atom. The van der Waals surface area contributed by atoms with E-state index in [-0.39, 0.29) is 58.4 Å². The molecule has 19 nitrogen and oxygen atoms in total. The zero-order chi connectivity index (χ0) is 50.9. The van der Waals surface area contributed by atoms with Crippen LogP contribution in [0.15, 0.2) is 30.3 Å². The van der Waals surface area contributed by atoms with Crippen LogP contribution in [0.4, 0.5) is 4.79 Å². The predicted octanol–water partition coefficient (Wildman–Crippen LogP) is 1.29. The fourth-order valence-electron chi connectivity index (χ4n) is 5.43. The lowest BCUT2D eigenvalue weighted by Gasteiger charge is -2.27. The number of nitrogens with two attached hydrogens (primary N) is 5. The van der Waals surface area contributed by atoms with E-state index in [4.69, 9.17) is 28.7 Å². The number of urea groups is 1. The van der Waals surface area contributed by atoms with Gasteiger partial charge in [0.2, 0.25) is 35.4 Å². The molecule has 0 spiro atoms. The smallest absolute Gasteiger partial charge is 0.312 e. The summed E-state index contributed by atoms with van der Waals surface area (Å²) in [5, 5.41) is 19.1. The molecule has 8 amide bonds. The third-order valence-corrected chi connectivity index (χ3v) is 9.11. The van der Waals surface area contributed by atoms with Crippen LogP contribution < -0.4 is 65.9 Å². The third-order valence-electron chi connectivity index (χ3n) is 9.11. The topological polar surface area (TPSA) is 334 Å². The number of benzene rings is 1. The first kappa shape index (κ1) is 62.2. The van der Waals surface area contributed by atoms with Gasteiger partial charge in [-0.05, 0) is 132 Å². The number of nitrogens with one attached hydrogen (secondary N) is 7. The van der Waals surface area contributed by atoms with Crippen molar-refractivity contribution in [3.05, 3.63) is 35.9 Å². The molecule has 0 aliphatic heterocycles. The molecule has 1 aromatic rings. The molecule has 1 aromatic carbocycles. The van der Waals surface area contributed by atoms with Gasteiger partial charge in [0.05, 0.1) is 18.1 Å². The van der Waals surface area contributed by atoms with Gasteiger partial charge in [-0.25, -0.2) is 4.79 Å². The van der Waals surface area contributed by atoms with Crippen LogP contribution in [-0.4, -0.2) is 107 Å². The van der Waals surface area contributed by atoms with Crippen molar-refractivity contribution >= 4 is 41.5 Å². The fourth-order valence-corrected chi connectivity index (χ4v) is 5.43. The van der Waals surface area contributed by atoms with Gasteiger partial charge in [-0.2, -0.15) is 0 Å². The van der Waals surface area contributed by atoms with E-state index in [1.807, 2.05) is 120 Å². The molecule has 17 N–H and O–H groups in total. The number of carbonyl (C=O) groups excluding carboxylic acids is 7. The van der Waals surface area contributed by atoms with Crippen LogP contribution in [0.5, 0.6) is 0 Å². The summed E-state index contributed by atoms with van der Waals surface area (Å²) in [6.45, 7) is 26.9. The average molecular weight is 921 g/mol. The third kappa shape index (κ3) is 31.6. The summed E-state index contributed by atoms with van der Waals surface area (Å²) in [5.41, 5.74) is 27.9. The van der Waals surface area contributed by atoms with Gasteiger partial charge in [0.25, 0.3) is 0 Å². The zero-order valence-electron chi connectivity index (χ0n) is 41.9. The van der Waals surface area contributed by atoms with Crippen molar-refractivity contribution in [3.8, 4) is 0 Å². The van der Waals surface area contributed by atoms with Crippen LogP contribution in [0.1, 0.15) is 135 Å². The van der Waals surface area contributed by atoms with E-state index in [0.29, 0.717) is 38.8 Å². The summed E-state index contributed by atoms with van der Waals surface area (Å²) in [5.74, 6) is -1.63. The lowest BCUT2D eigenvalue weighted by Crippen LogP contribution is -2.55. The lowest BCUT2D eigenvalue weighted by molar-refractivity contribution is -0.131. The second-order valence-corrected chi connectivity index (χ2v) is 20.1. The minimum absolute atomic E-state index is 0.0298. The summed E-state index contributed by atoms with van der Waals surface area (Å²) >= 11 is 0. The van der Waals surface area contributed by atoms with Crippen molar-refractivity contribution in [2.75, 3.05) is 13.1 Å². The molecule has 374 valence electrons. The molecule has 0 saturated carbocycles. The van der Waals surface area contributed by atoms with Crippen molar-refractivity contribution in [1.29, 1.82) is 0 Å². The largest absolute Gasteiger partial charge is 0.352 e. The molecule has 0 aliphatic rings. The second kappa shape index (κ2) is 30.4. The molecule has 0 fully saturated rings. The van der Waals surface area contributed by atoms with E-state index in [1.165, 1.54) is 0 Å². The molecule has 0 aliphatic carbocycles. The van der Waals surface area contributed by atoms with Gasteiger partial charge in [-0.1, -0.05) is 58.0 Å². The highest BCUT2D eigenvalue weighted by Gasteiger charge is 2.29. The Hall–Kier alpha value is -4.85. The minimum Gasteiger partial charge on any atom is -0.352 e. The normalized spacial score (nSPS) is 14.3. The quantitative estimate of drug-likeness (QED) is 0.0780. The molecule has 0 radical (unpaired) electrons. The van der Waals surface area contributed by atoms with E-state index >= 15 is 0 Å². The van der Waals surface area contributed by atoms with Crippen molar-refractivity contribution in [2.45, 2.75) is 188 Å². The number of rotatable bonds is 21. The van der Waals surface area contributed by atoms with Gasteiger partial charge in [0.15, 0.2) is 0 Å². The van der Waals surface area contributed by atoms with Crippen LogP contribution in [0.25, 0.3) is 0 Å².